The van der Waals surface area contributed by atoms with Crippen LogP contribution in [0.1, 0.15) is 5.56 Å². The lowest BCUT2D eigenvalue weighted by Gasteiger charge is -2.08. The van der Waals surface area contributed by atoms with Gasteiger partial charge in [0.2, 0.25) is 0 Å². The second-order valence-corrected chi connectivity index (χ2v) is 4.71. The average molecular weight is 245 g/mol. The molecule has 90 valence electrons. The van der Waals surface area contributed by atoms with Crippen molar-refractivity contribution in [3.05, 3.63) is 54.5 Å². The first kappa shape index (κ1) is 10.4. The lowest BCUT2D eigenvalue weighted by Crippen LogP contribution is -1.90. The molecule has 0 atom stereocenters. The molecule has 3 heterocycles. The highest BCUT2D eigenvalue weighted by atomic mass is 14.7. The second-order valence-electron chi connectivity index (χ2n) is 4.71. The first-order chi connectivity index (χ1) is 9.34. The van der Waals surface area contributed by atoms with Gasteiger partial charge in [-0.2, -0.15) is 0 Å². The number of aromatic nitrogens is 3. The SMILES string of the molecule is Cc1cnc2c3cccnc3c3cccnc3c2c1. The number of aryl methyl sites for hydroxylation is 1. The van der Waals surface area contributed by atoms with Crippen LogP contribution in [-0.2, 0) is 0 Å². The first-order valence-electron chi connectivity index (χ1n) is 6.22. The summed E-state index contributed by atoms with van der Waals surface area (Å²) in [7, 11) is 0. The summed E-state index contributed by atoms with van der Waals surface area (Å²) < 4.78 is 0. The van der Waals surface area contributed by atoms with Crippen LogP contribution >= 0.6 is 0 Å². The van der Waals surface area contributed by atoms with Crippen LogP contribution in [0.25, 0.3) is 32.7 Å². The first-order valence-corrected chi connectivity index (χ1v) is 6.22. The summed E-state index contributed by atoms with van der Waals surface area (Å²) in [6, 6.07) is 10.2. The van der Waals surface area contributed by atoms with Crippen molar-refractivity contribution in [1.82, 2.24) is 15.0 Å². The quantitative estimate of drug-likeness (QED) is 0.444. The smallest absolute Gasteiger partial charge is 0.0818 e. The molecule has 3 aromatic heterocycles. The van der Waals surface area contributed by atoms with Crippen molar-refractivity contribution >= 4 is 32.7 Å². The van der Waals surface area contributed by atoms with Gasteiger partial charge in [0.25, 0.3) is 0 Å². The van der Waals surface area contributed by atoms with E-state index >= 15 is 0 Å². The van der Waals surface area contributed by atoms with Crippen LogP contribution < -0.4 is 0 Å². The fraction of sp³-hybridized carbons (Fsp3) is 0.0625. The monoisotopic (exact) mass is 245 g/mol. The summed E-state index contributed by atoms with van der Waals surface area (Å²) in [5.74, 6) is 0. The molecule has 3 heteroatoms. The summed E-state index contributed by atoms with van der Waals surface area (Å²) in [4.78, 5) is 13.6. The number of hydrogen-bond acceptors (Lipinski definition) is 3. The normalized spacial score (nSPS) is 11.4. The van der Waals surface area contributed by atoms with Gasteiger partial charge in [-0.3, -0.25) is 15.0 Å². The van der Waals surface area contributed by atoms with Crippen LogP contribution in [0.15, 0.2) is 48.9 Å². The van der Waals surface area contributed by atoms with Gasteiger partial charge in [-0.25, -0.2) is 0 Å². The molecule has 0 N–H and O–H groups in total. The van der Waals surface area contributed by atoms with E-state index in [-0.39, 0.29) is 0 Å². The zero-order valence-corrected chi connectivity index (χ0v) is 10.5. The Labute approximate surface area is 110 Å². The van der Waals surface area contributed by atoms with Crippen molar-refractivity contribution in [2.24, 2.45) is 0 Å². The second kappa shape index (κ2) is 3.72. The maximum atomic E-state index is 4.58. The van der Waals surface area contributed by atoms with E-state index in [4.69, 9.17) is 0 Å². The van der Waals surface area contributed by atoms with Crippen LogP contribution in [-0.4, -0.2) is 15.0 Å². The Kier molecular flexibility index (Phi) is 2.03. The van der Waals surface area contributed by atoms with Crippen LogP contribution in [0.2, 0.25) is 0 Å². The van der Waals surface area contributed by atoms with E-state index in [1.165, 1.54) is 0 Å². The minimum absolute atomic E-state index is 0.967. The molecule has 0 saturated carbocycles. The molecule has 0 spiro atoms. The molecule has 0 radical (unpaired) electrons. The molecule has 0 fully saturated rings. The lowest BCUT2D eigenvalue weighted by molar-refractivity contribution is 1.33. The number of rotatable bonds is 0. The largest absolute Gasteiger partial charge is 0.255 e. The van der Waals surface area contributed by atoms with Gasteiger partial charge in [-0.05, 0) is 42.8 Å². The molecule has 4 aromatic rings. The maximum absolute atomic E-state index is 4.58. The molecular weight excluding hydrogens is 234 g/mol. The Hall–Kier alpha value is -2.55. The van der Waals surface area contributed by atoms with E-state index in [0.29, 0.717) is 0 Å². The summed E-state index contributed by atoms with van der Waals surface area (Å²) in [6.07, 6.45) is 5.53. The summed E-state index contributed by atoms with van der Waals surface area (Å²) in [6.45, 7) is 2.05. The zero-order chi connectivity index (χ0) is 12.8. The average Bonchev–Trinajstić information content (AvgIpc) is 2.47. The predicted octanol–water partition coefficient (Wildman–Crippen LogP) is 3.64. The predicted molar refractivity (Wildman–Crippen MR) is 77.1 cm³/mol. The van der Waals surface area contributed by atoms with Crippen molar-refractivity contribution in [2.45, 2.75) is 6.92 Å². The van der Waals surface area contributed by atoms with Gasteiger partial charge in [0.15, 0.2) is 0 Å². The van der Waals surface area contributed by atoms with Crippen LogP contribution in [0, 0.1) is 6.92 Å². The topological polar surface area (TPSA) is 38.7 Å². The molecule has 4 rings (SSSR count). The van der Waals surface area contributed by atoms with E-state index in [0.717, 1.165) is 38.3 Å². The minimum atomic E-state index is 0.967. The van der Waals surface area contributed by atoms with Gasteiger partial charge in [0.1, 0.15) is 0 Å². The number of nitrogens with zero attached hydrogens (tertiary/aromatic N) is 3. The van der Waals surface area contributed by atoms with Crippen molar-refractivity contribution in [1.29, 1.82) is 0 Å². The number of fused-ring (bicyclic) bond motifs is 6. The molecule has 0 aliphatic carbocycles. The number of hydrogen-bond donors (Lipinski definition) is 0. The molecule has 0 amide bonds. The van der Waals surface area contributed by atoms with E-state index in [2.05, 4.69) is 40.1 Å². The lowest BCUT2D eigenvalue weighted by atomic mass is 10.0. The zero-order valence-electron chi connectivity index (χ0n) is 10.5. The van der Waals surface area contributed by atoms with Gasteiger partial charge in [-0.1, -0.05) is 0 Å². The summed E-state index contributed by atoms with van der Waals surface area (Å²) in [5, 5.41) is 3.26. The molecule has 19 heavy (non-hydrogen) atoms. The van der Waals surface area contributed by atoms with E-state index < -0.39 is 0 Å². The molecule has 0 saturated heterocycles. The Morgan fingerprint density at radius 3 is 2.00 bits per heavy atom. The van der Waals surface area contributed by atoms with Gasteiger partial charge in [0, 0.05) is 34.7 Å². The van der Waals surface area contributed by atoms with Gasteiger partial charge in [0.05, 0.1) is 16.6 Å². The van der Waals surface area contributed by atoms with E-state index in [1.807, 2.05) is 30.7 Å². The molecule has 0 unspecified atom stereocenters. The molecule has 0 aliphatic rings. The highest BCUT2D eigenvalue weighted by molar-refractivity contribution is 6.21. The number of benzene rings is 1. The standard InChI is InChI=1S/C16H11N3/c1-10-8-13-15-11(4-2-7-18-15)14-12(5-3-6-17-14)16(13)19-9-10/h2-9H,1H3. The molecule has 0 bridgehead atoms. The van der Waals surface area contributed by atoms with Crippen LogP contribution in [0.5, 0.6) is 0 Å². The van der Waals surface area contributed by atoms with Gasteiger partial charge >= 0.3 is 0 Å². The van der Waals surface area contributed by atoms with Crippen molar-refractivity contribution < 1.29 is 0 Å². The highest BCUT2D eigenvalue weighted by Crippen LogP contribution is 2.31. The minimum Gasteiger partial charge on any atom is -0.255 e. The van der Waals surface area contributed by atoms with Gasteiger partial charge in [-0.15, -0.1) is 0 Å². The Balaban J connectivity index is 2.43. The maximum Gasteiger partial charge on any atom is 0.0818 e. The van der Waals surface area contributed by atoms with Crippen molar-refractivity contribution in [3.8, 4) is 0 Å². The van der Waals surface area contributed by atoms with Gasteiger partial charge < -0.3 is 0 Å². The Morgan fingerprint density at radius 2 is 1.32 bits per heavy atom. The third-order valence-electron chi connectivity index (χ3n) is 3.41. The van der Waals surface area contributed by atoms with Crippen LogP contribution in [0.4, 0.5) is 0 Å². The molecule has 0 aliphatic heterocycles. The molecule has 3 nitrogen and oxygen atoms in total. The third kappa shape index (κ3) is 1.41. The Bertz CT molecular complexity index is 893. The van der Waals surface area contributed by atoms with Crippen molar-refractivity contribution in [3.63, 3.8) is 0 Å². The Morgan fingerprint density at radius 1 is 0.737 bits per heavy atom. The summed E-state index contributed by atoms with van der Waals surface area (Å²) >= 11 is 0. The van der Waals surface area contributed by atoms with Crippen LogP contribution in [0.3, 0.4) is 0 Å². The molecule has 1 aromatic carbocycles. The third-order valence-corrected chi connectivity index (χ3v) is 3.41. The number of pyridine rings is 3. The summed E-state index contributed by atoms with van der Waals surface area (Å²) in [5.41, 5.74) is 4.05. The highest BCUT2D eigenvalue weighted by Gasteiger charge is 2.10. The van der Waals surface area contributed by atoms with Crippen molar-refractivity contribution in [2.75, 3.05) is 0 Å². The molecular formula is C16H11N3. The van der Waals surface area contributed by atoms with E-state index in [1.54, 1.807) is 0 Å². The van der Waals surface area contributed by atoms with E-state index in [9.17, 15) is 0 Å². The fourth-order valence-corrected chi connectivity index (χ4v) is 2.59. The fourth-order valence-electron chi connectivity index (χ4n) is 2.59.